The number of rotatable bonds is 4. The third kappa shape index (κ3) is 2.63. The number of thiophene rings is 1. The molecule has 1 amide bonds. The van der Waals surface area contributed by atoms with Gasteiger partial charge in [-0.15, -0.1) is 11.3 Å². The van der Waals surface area contributed by atoms with Crippen LogP contribution in [0.1, 0.15) is 16.1 Å². The van der Waals surface area contributed by atoms with E-state index in [9.17, 15) is 9.59 Å². The Kier molecular flexibility index (Phi) is 3.84. The Morgan fingerprint density at radius 1 is 1.33 bits per heavy atom. The first-order chi connectivity index (χ1) is 8.59. The topological polar surface area (TPSA) is 66.4 Å². The number of fused-ring (bicyclic) bond motifs is 1. The second-order valence-corrected chi connectivity index (χ2v) is 5.07. The number of carboxylic acids is 1. The second kappa shape index (κ2) is 5.37. The first-order valence-corrected chi connectivity index (χ1v) is 6.46. The molecular formula is C12H10ClNO3S. The Balaban J connectivity index is 2.17. The van der Waals surface area contributed by atoms with Crippen molar-refractivity contribution in [1.82, 2.24) is 5.32 Å². The number of amides is 1. The summed E-state index contributed by atoms with van der Waals surface area (Å²) in [6.07, 6.45) is -0.103. The summed E-state index contributed by atoms with van der Waals surface area (Å²) in [6, 6.07) is 7.47. The Hall–Kier alpha value is -1.59. The lowest BCUT2D eigenvalue weighted by Gasteiger charge is -2.01. The summed E-state index contributed by atoms with van der Waals surface area (Å²) in [5.74, 6) is -1.28. The average Bonchev–Trinajstić information content (AvgIpc) is 2.67. The monoisotopic (exact) mass is 283 g/mol. The lowest BCUT2D eigenvalue weighted by atomic mass is 10.2. The van der Waals surface area contributed by atoms with Crippen molar-refractivity contribution >= 4 is 44.9 Å². The van der Waals surface area contributed by atoms with E-state index < -0.39 is 5.97 Å². The van der Waals surface area contributed by atoms with Crippen molar-refractivity contribution in [3.05, 3.63) is 34.2 Å². The Morgan fingerprint density at radius 3 is 2.72 bits per heavy atom. The van der Waals surface area contributed by atoms with Crippen molar-refractivity contribution in [2.75, 3.05) is 6.54 Å². The zero-order chi connectivity index (χ0) is 13.1. The van der Waals surface area contributed by atoms with Crippen LogP contribution in [0.15, 0.2) is 24.3 Å². The van der Waals surface area contributed by atoms with Crippen molar-refractivity contribution in [2.45, 2.75) is 6.42 Å². The fourth-order valence-corrected chi connectivity index (χ4v) is 2.96. The highest BCUT2D eigenvalue weighted by molar-refractivity contribution is 7.21. The molecule has 0 unspecified atom stereocenters. The van der Waals surface area contributed by atoms with E-state index >= 15 is 0 Å². The van der Waals surface area contributed by atoms with Crippen LogP contribution in [-0.2, 0) is 4.79 Å². The third-order valence-electron chi connectivity index (χ3n) is 2.37. The van der Waals surface area contributed by atoms with Crippen LogP contribution in [0.3, 0.4) is 0 Å². The van der Waals surface area contributed by atoms with Crippen LogP contribution in [-0.4, -0.2) is 23.5 Å². The molecule has 4 nitrogen and oxygen atoms in total. The molecule has 0 atom stereocenters. The number of halogens is 1. The molecule has 0 fully saturated rings. The van der Waals surface area contributed by atoms with Gasteiger partial charge < -0.3 is 10.4 Å². The second-order valence-electron chi connectivity index (χ2n) is 3.64. The van der Waals surface area contributed by atoms with Crippen molar-refractivity contribution < 1.29 is 14.7 Å². The highest BCUT2D eigenvalue weighted by atomic mass is 35.5. The first kappa shape index (κ1) is 12.9. The van der Waals surface area contributed by atoms with Gasteiger partial charge >= 0.3 is 5.97 Å². The summed E-state index contributed by atoms with van der Waals surface area (Å²) in [6.45, 7) is 0.0960. The van der Waals surface area contributed by atoms with Crippen molar-refractivity contribution in [1.29, 1.82) is 0 Å². The molecule has 1 aromatic heterocycles. The maximum absolute atomic E-state index is 11.8. The average molecular weight is 284 g/mol. The van der Waals surface area contributed by atoms with Gasteiger partial charge in [-0.3, -0.25) is 9.59 Å². The molecule has 94 valence electrons. The molecule has 18 heavy (non-hydrogen) atoms. The van der Waals surface area contributed by atoms with E-state index in [0.717, 1.165) is 10.1 Å². The molecule has 0 bridgehead atoms. The smallest absolute Gasteiger partial charge is 0.305 e. The molecule has 1 aromatic carbocycles. The Labute approximate surface area is 112 Å². The summed E-state index contributed by atoms with van der Waals surface area (Å²) in [5, 5.41) is 12.3. The first-order valence-electron chi connectivity index (χ1n) is 5.26. The van der Waals surface area contributed by atoms with E-state index in [2.05, 4.69) is 5.32 Å². The molecule has 2 rings (SSSR count). The van der Waals surface area contributed by atoms with Gasteiger partial charge in [0.25, 0.3) is 5.91 Å². The van der Waals surface area contributed by atoms with E-state index in [1.165, 1.54) is 11.3 Å². The fraction of sp³-hybridized carbons (Fsp3) is 0.167. The number of benzene rings is 1. The summed E-state index contributed by atoms with van der Waals surface area (Å²) in [4.78, 5) is 22.6. The lowest BCUT2D eigenvalue weighted by molar-refractivity contribution is -0.136. The normalized spacial score (nSPS) is 10.5. The maximum Gasteiger partial charge on any atom is 0.305 e. The van der Waals surface area contributed by atoms with Gasteiger partial charge in [-0.05, 0) is 6.07 Å². The van der Waals surface area contributed by atoms with Crippen LogP contribution in [0.4, 0.5) is 0 Å². The van der Waals surface area contributed by atoms with Crippen molar-refractivity contribution in [2.24, 2.45) is 0 Å². The van der Waals surface area contributed by atoms with Crippen LogP contribution < -0.4 is 5.32 Å². The quantitative estimate of drug-likeness (QED) is 0.907. The van der Waals surface area contributed by atoms with Crippen molar-refractivity contribution in [3.8, 4) is 0 Å². The summed E-state index contributed by atoms with van der Waals surface area (Å²) in [7, 11) is 0. The zero-order valence-electron chi connectivity index (χ0n) is 9.27. The van der Waals surface area contributed by atoms with E-state index in [1.807, 2.05) is 24.3 Å². The SMILES string of the molecule is O=C(O)CCNC(=O)c1sc2ccccc2c1Cl. The molecule has 0 aliphatic carbocycles. The summed E-state index contributed by atoms with van der Waals surface area (Å²) < 4.78 is 0.936. The van der Waals surface area contributed by atoms with Crippen LogP contribution in [0.5, 0.6) is 0 Å². The van der Waals surface area contributed by atoms with Gasteiger partial charge in [0.1, 0.15) is 4.88 Å². The molecule has 0 spiro atoms. The maximum atomic E-state index is 11.8. The minimum absolute atomic E-state index is 0.0960. The molecule has 6 heteroatoms. The van der Waals surface area contributed by atoms with E-state index in [0.29, 0.717) is 9.90 Å². The highest BCUT2D eigenvalue weighted by Crippen LogP contribution is 2.34. The largest absolute Gasteiger partial charge is 0.481 e. The molecule has 0 aliphatic heterocycles. The standard InChI is InChI=1S/C12H10ClNO3S/c13-10-7-3-1-2-4-8(7)18-11(10)12(17)14-6-5-9(15)16/h1-4H,5-6H2,(H,14,17)(H,15,16). The van der Waals surface area contributed by atoms with Gasteiger partial charge in [-0.25, -0.2) is 0 Å². The van der Waals surface area contributed by atoms with E-state index in [4.69, 9.17) is 16.7 Å². The van der Waals surface area contributed by atoms with Crippen LogP contribution in [0.25, 0.3) is 10.1 Å². The number of aliphatic carboxylic acids is 1. The number of carbonyl (C=O) groups excluding carboxylic acids is 1. The fourth-order valence-electron chi connectivity index (χ4n) is 1.52. The third-order valence-corrected chi connectivity index (χ3v) is 4.04. The highest BCUT2D eigenvalue weighted by Gasteiger charge is 2.16. The number of nitrogens with one attached hydrogen (secondary N) is 1. The molecular weight excluding hydrogens is 274 g/mol. The molecule has 0 saturated heterocycles. The van der Waals surface area contributed by atoms with Gasteiger partial charge in [0, 0.05) is 16.6 Å². The van der Waals surface area contributed by atoms with Gasteiger partial charge in [0.2, 0.25) is 0 Å². The zero-order valence-corrected chi connectivity index (χ0v) is 10.8. The van der Waals surface area contributed by atoms with E-state index in [-0.39, 0.29) is 18.9 Å². The minimum atomic E-state index is -0.947. The Bertz CT molecular complexity index is 608. The summed E-state index contributed by atoms with van der Waals surface area (Å²) >= 11 is 7.43. The molecule has 2 N–H and O–H groups in total. The molecule has 0 saturated carbocycles. The van der Waals surface area contributed by atoms with Crippen LogP contribution >= 0.6 is 22.9 Å². The van der Waals surface area contributed by atoms with Gasteiger partial charge in [-0.2, -0.15) is 0 Å². The predicted octanol–water partition coefficient (Wildman–Crippen LogP) is 2.76. The van der Waals surface area contributed by atoms with Gasteiger partial charge in [0.05, 0.1) is 11.4 Å². The van der Waals surface area contributed by atoms with Gasteiger partial charge in [-0.1, -0.05) is 29.8 Å². The van der Waals surface area contributed by atoms with E-state index in [1.54, 1.807) is 0 Å². The number of carbonyl (C=O) groups is 2. The number of carboxylic acid groups (broad SMARTS) is 1. The Morgan fingerprint density at radius 2 is 2.06 bits per heavy atom. The van der Waals surface area contributed by atoms with Crippen molar-refractivity contribution in [3.63, 3.8) is 0 Å². The number of hydrogen-bond donors (Lipinski definition) is 2. The van der Waals surface area contributed by atoms with Gasteiger partial charge in [0.15, 0.2) is 0 Å². The van der Waals surface area contributed by atoms with Crippen LogP contribution in [0.2, 0.25) is 5.02 Å². The molecule has 1 heterocycles. The predicted molar refractivity (Wildman–Crippen MR) is 71.4 cm³/mol. The van der Waals surface area contributed by atoms with Crippen LogP contribution in [0, 0.1) is 0 Å². The molecule has 0 radical (unpaired) electrons. The number of hydrogen-bond acceptors (Lipinski definition) is 3. The molecule has 2 aromatic rings. The lowest BCUT2D eigenvalue weighted by Crippen LogP contribution is -2.25. The summed E-state index contributed by atoms with van der Waals surface area (Å²) in [5.41, 5.74) is 0. The molecule has 0 aliphatic rings. The minimum Gasteiger partial charge on any atom is -0.481 e.